The lowest BCUT2D eigenvalue weighted by Crippen LogP contribution is -2.65. The van der Waals surface area contributed by atoms with Gasteiger partial charge in [0.05, 0.1) is 24.0 Å². The Balaban J connectivity index is 0.000000275. The maximum Gasteiger partial charge on any atom is 0.408 e. The van der Waals surface area contributed by atoms with Gasteiger partial charge in [-0.05, 0) is 138 Å². The third-order valence-corrected chi connectivity index (χ3v) is 20.5. The number of unbranched alkanes of at least 4 members (excludes halogenated alkanes) is 8. The highest BCUT2D eigenvalue weighted by Crippen LogP contribution is 2.47. The Labute approximate surface area is 561 Å². The highest BCUT2D eigenvalue weighted by atomic mass is 32.2. The molecule has 2 saturated carbocycles. The van der Waals surface area contributed by atoms with E-state index in [9.17, 15) is 60.0 Å². The molecule has 6 atom stereocenters. The van der Waals surface area contributed by atoms with Crippen molar-refractivity contribution in [2.45, 2.75) is 200 Å². The second-order valence-electron chi connectivity index (χ2n) is 26.2. The van der Waals surface area contributed by atoms with Gasteiger partial charge >= 0.3 is 18.0 Å². The number of esters is 1. The Morgan fingerprint density at radius 1 is 0.542 bits per heavy atom. The number of nitrogens with two attached hydrogens (primary N) is 1. The normalized spacial score (nSPS) is 21.4. The molecule has 0 heterocycles. The molecule has 10 N–H and O–H groups in total. The number of aliphatic carboxylic acids is 1. The summed E-state index contributed by atoms with van der Waals surface area (Å²) in [5.41, 5.74) is 3.79. The van der Waals surface area contributed by atoms with Gasteiger partial charge in [-0.2, -0.15) is 0 Å². The van der Waals surface area contributed by atoms with Gasteiger partial charge in [-0.15, -0.1) is 13.2 Å². The number of carboxylic acids is 1. The molecule has 0 bridgehead atoms. The van der Waals surface area contributed by atoms with Crippen molar-refractivity contribution in [3.63, 3.8) is 0 Å². The number of fused-ring (bicyclic) bond motifs is 2. The molecule has 4 aliphatic carbocycles. The summed E-state index contributed by atoms with van der Waals surface area (Å²) in [5, 5.41) is 22.3. The van der Waals surface area contributed by atoms with Crippen LogP contribution in [0.25, 0.3) is 0 Å². The summed E-state index contributed by atoms with van der Waals surface area (Å²) in [5.74, 6) is -5.99. The predicted molar refractivity (Wildman–Crippen MR) is 359 cm³/mol. The van der Waals surface area contributed by atoms with Gasteiger partial charge < -0.3 is 46.9 Å². The number of rotatable bonds is 31. The number of hydrogen-bond acceptors (Lipinski definition) is 16. The van der Waals surface area contributed by atoms with Gasteiger partial charge in [-0.3, -0.25) is 38.4 Å². The monoisotopic (exact) mass is 1360 g/mol. The third-order valence-electron chi connectivity index (χ3n) is 17.8. The molecule has 518 valence electrons. The number of anilines is 2. The van der Waals surface area contributed by atoms with Gasteiger partial charge in [0.1, 0.15) is 32.0 Å². The second-order valence-corrected chi connectivity index (χ2v) is 29.5. The van der Waals surface area contributed by atoms with Crippen LogP contribution >= 0.6 is 0 Å². The Morgan fingerprint density at radius 2 is 0.948 bits per heavy atom. The minimum absolute atomic E-state index is 0.00131. The summed E-state index contributed by atoms with van der Waals surface area (Å²) in [4.78, 5) is 115. The maximum absolute atomic E-state index is 14.3. The average Bonchev–Trinajstić information content (AvgIpc) is 1.56. The molecule has 0 radical (unpaired) electrons. The number of alkyl carbamates (subject to hydrolysis) is 1. The minimum Gasteiger partial charge on any atom is -0.481 e. The minimum atomic E-state index is -4.54. The van der Waals surface area contributed by atoms with Crippen molar-refractivity contribution >= 4 is 84.9 Å². The summed E-state index contributed by atoms with van der Waals surface area (Å²) < 4.78 is 68.6. The first kappa shape index (κ1) is 74.6. The zero-order valence-corrected chi connectivity index (χ0v) is 56.6. The number of sulfonamides is 2. The number of benzene rings is 4. The number of aryl methyl sites for hydroxylation is 2. The number of carbonyl (C=O) groups is 9. The quantitative estimate of drug-likeness (QED) is 0.0131. The van der Waals surface area contributed by atoms with E-state index in [1.54, 1.807) is 32.9 Å². The van der Waals surface area contributed by atoms with Crippen LogP contribution in [0.3, 0.4) is 0 Å². The van der Waals surface area contributed by atoms with E-state index in [4.69, 9.17) is 15.6 Å². The largest absolute Gasteiger partial charge is 0.481 e. The van der Waals surface area contributed by atoms with Crippen molar-refractivity contribution in [3.8, 4) is 0 Å². The van der Waals surface area contributed by atoms with Crippen LogP contribution in [0, 0.1) is 11.8 Å². The fourth-order valence-corrected chi connectivity index (χ4v) is 14.5. The smallest absolute Gasteiger partial charge is 0.408 e. The van der Waals surface area contributed by atoms with Gasteiger partial charge in [0, 0.05) is 43.9 Å². The van der Waals surface area contributed by atoms with Crippen LogP contribution in [-0.4, -0.2) is 110 Å². The molecule has 2 fully saturated rings. The SMILES string of the molecule is C=C[C@@H]1C[C@]1(NC(=O)C1(N)CCc2ccccc2C1)C(=O)NS(=O)(=O)c1ccccc1NC(=O)CCCCCCCC(=O)O.C=C[C@@H]1C[C@]1(NC(=O)C1(NC(=O)OC(C)(C)C)CCc2ccccc2C1)C(=O)NS(=O)(=O)c1ccccc1NC(=O)CCCCCCCC(=O)OC. The summed E-state index contributed by atoms with van der Waals surface area (Å²) in [6, 6.07) is 26.8. The number of hydrogen-bond donors (Lipinski definition) is 9. The molecular weight excluding hydrogens is 1270 g/mol. The predicted octanol–water partition coefficient (Wildman–Crippen LogP) is 8.04. The van der Waals surface area contributed by atoms with E-state index in [1.807, 2.05) is 48.5 Å². The van der Waals surface area contributed by atoms with Crippen LogP contribution in [0.5, 0.6) is 0 Å². The molecule has 4 aromatic carbocycles. The van der Waals surface area contributed by atoms with Crippen molar-refractivity contribution in [1.29, 1.82) is 0 Å². The van der Waals surface area contributed by atoms with Gasteiger partial charge in [-0.1, -0.05) is 123 Å². The lowest BCUT2D eigenvalue weighted by Gasteiger charge is -2.39. The number of para-hydroxylation sites is 2. The van der Waals surface area contributed by atoms with E-state index >= 15 is 0 Å². The topological polar surface area (TPSA) is 371 Å². The first-order valence-corrected chi connectivity index (χ1v) is 35.5. The van der Waals surface area contributed by atoms with E-state index in [1.165, 1.54) is 55.7 Å². The first-order chi connectivity index (χ1) is 45.4. The zero-order valence-electron chi connectivity index (χ0n) is 55.0. The molecule has 0 saturated heterocycles. The average molecular weight is 1360 g/mol. The van der Waals surface area contributed by atoms with Crippen molar-refractivity contribution in [2.24, 2.45) is 17.6 Å². The number of ether oxygens (including phenoxy) is 2. The number of amides is 7. The molecule has 0 aromatic heterocycles. The Morgan fingerprint density at radius 3 is 1.40 bits per heavy atom. The molecule has 0 spiro atoms. The van der Waals surface area contributed by atoms with E-state index in [2.05, 4.69) is 53.9 Å². The summed E-state index contributed by atoms with van der Waals surface area (Å²) in [6.45, 7) is 12.6. The lowest BCUT2D eigenvalue weighted by molar-refractivity contribution is -0.141. The molecule has 2 unspecified atom stereocenters. The van der Waals surface area contributed by atoms with Gasteiger partial charge in [0.15, 0.2) is 0 Å². The summed E-state index contributed by atoms with van der Waals surface area (Å²) in [7, 11) is -7.64. The molecular formula is C70H90N8O16S2. The zero-order chi connectivity index (χ0) is 70.1. The number of carbonyl (C=O) groups excluding carboxylic acids is 8. The lowest BCUT2D eigenvalue weighted by atomic mass is 9.77. The number of methoxy groups -OCH3 is 1. The van der Waals surface area contributed by atoms with Crippen LogP contribution in [0.4, 0.5) is 16.2 Å². The Kier molecular flexibility index (Phi) is 25.1. The van der Waals surface area contributed by atoms with Crippen molar-refractivity contribution < 1.29 is 74.6 Å². The van der Waals surface area contributed by atoms with Crippen LogP contribution in [-0.2, 0) is 93.6 Å². The first-order valence-electron chi connectivity index (χ1n) is 32.5. The van der Waals surface area contributed by atoms with E-state index < -0.39 is 101 Å². The van der Waals surface area contributed by atoms with E-state index in [0.29, 0.717) is 57.8 Å². The third kappa shape index (κ3) is 19.7. The Hall–Kier alpha value is -8.75. The fourth-order valence-electron chi connectivity index (χ4n) is 12.1. The maximum atomic E-state index is 14.3. The summed E-state index contributed by atoms with van der Waals surface area (Å²) >= 11 is 0. The van der Waals surface area contributed by atoms with Crippen molar-refractivity contribution in [1.82, 2.24) is 25.4 Å². The van der Waals surface area contributed by atoms with Crippen LogP contribution < -0.4 is 41.8 Å². The van der Waals surface area contributed by atoms with Gasteiger partial charge in [0.25, 0.3) is 31.9 Å². The summed E-state index contributed by atoms with van der Waals surface area (Å²) in [6.07, 6.45) is 12.4. The van der Waals surface area contributed by atoms with Gasteiger partial charge in [0.2, 0.25) is 23.6 Å². The number of nitrogens with one attached hydrogen (secondary N) is 7. The van der Waals surface area contributed by atoms with Crippen molar-refractivity contribution in [3.05, 3.63) is 145 Å². The highest BCUT2D eigenvalue weighted by Gasteiger charge is 2.63. The molecule has 96 heavy (non-hydrogen) atoms. The second kappa shape index (κ2) is 32.3. The Bertz CT molecular complexity index is 3820. The van der Waals surface area contributed by atoms with Gasteiger partial charge in [-0.25, -0.2) is 31.1 Å². The van der Waals surface area contributed by atoms with Crippen molar-refractivity contribution in [2.75, 3.05) is 17.7 Å². The molecule has 7 amide bonds. The molecule has 4 aromatic rings. The standard InChI is InChI=1S/C38H50N4O9S.C32H40N4O7S/c1-6-28-25-38(28,40-33(45)37(41-35(47)51-36(2,3)4)23-22-26-16-12-13-17-27(26)24-37)34(46)42-52(48,49)30-19-15-14-18-29(30)39-31(43)20-10-8-7-9-11-21-32(44)50-5;1-2-24-21-32(24,35-29(40)31(33)19-18-22-12-8-9-13-23(22)20-31)30(41)36-44(42,43)26-15-11-10-14-25(26)34-27(37)16-6-4-3-5-7-17-28(38)39/h6,12-19,28H,1,7-11,20-25H2,2-5H3,(H,39,43)(H,40,45)(H,41,47)(H,42,46);2,8-15,24H,1,3-7,16-21,33H2,(H,34,37)(H,35,40)(H,36,41)(H,38,39)/t28-,37?,38-;24-,31?,32-/m11/s1. The van der Waals surface area contributed by atoms with E-state index in [0.717, 1.165) is 60.8 Å². The molecule has 26 heteroatoms. The molecule has 4 aliphatic rings. The van der Waals surface area contributed by atoms with E-state index in [-0.39, 0.29) is 78.0 Å². The number of carboxylic acid groups (broad SMARTS) is 1. The van der Waals surface area contributed by atoms with Crippen LogP contribution in [0.1, 0.15) is 159 Å². The molecule has 24 nitrogen and oxygen atoms in total. The molecule has 8 rings (SSSR count). The fraction of sp³-hybridized carbons (Fsp3) is 0.471. The van der Waals surface area contributed by atoms with Crippen LogP contribution in [0.15, 0.2) is 132 Å². The molecule has 0 aliphatic heterocycles. The highest BCUT2D eigenvalue weighted by molar-refractivity contribution is 7.90. The van der Waals surface area contributed by atoms with Crippen LogP contribution in [0.2, 0.25) is 0 Å².